The van der Waals surface area contributed by atoms with Crippen LogP contribution in [0.3, 0.4) is 0 Å². The summed E-state index contributed by atoms with van der Waals surface area (Å²) in [4.78, 5) is 41.7. The van der Waals surface area contributed by atoms with Crippen molar-refractivity contribution in [2.45, 2.75) is 77.5 Å². The molecule has 2 aromatic rings. The second kappa shape index (κ2) is 15.3. The van der Waals surface area contributed by atoms with Gasteiger partial charge >= 0.3 is 19.4 Å². The molecule has 16 heteroatoms. The summed E-state index contributed by atoms with van der Waals surface area (Å²) in [5.41, 5.74) is 5.71. The van der Waals surface area contributed by atoms with E-state index in [1.54, 1.807) is 18.2 Å². The van der Waals surface area contributed by atoms with Gasteiger partial charge in [0.15, 0.2) is 5.72 Å². The van der Waals surface area contributed by atoms with Crippen molar-refractivity contribution in [3.05, 3.63) is 73.9 Å². The molecule has 0 spiro atoms. The maximum Gasteiger partial charge on any atom is 0.459 e. The van der Waals surface area contributed by atoms with E-state index >= 15 is 0 Å². The van der Waals surface area contributed by atoms with Crippen molar-refractivity contribution in [1.82, 2.24) is 14.6 Å². The molecule has 0 aliphatic carbocycles. The number of carbonyl (C=O) groups excluding carboxylic acids is 1. The highest BCUT2D eigenvalue weighted by Crippen LogP contribution is 2.49. The van der Waals surface area contributed by atoms with Crippen molar-refractivity contribution in [1.29, 1.82) is 0 Å². The van der Waals surface area contributed by atoms with Gasteiger partial charge in [0, 0.05) is 23.1 Å². The minimum atomic E-state index is -4.44. The molecule has 236 valence electrons. The Hall–Kier alpha value is -3.45. The van der Waals surface area contributed by atoms with Crippen LogP contribution in [0.25, 0.3) is 10.4 Å². The first-order chi connectivity index (χ1) is 20.5. The van der Waals surface area contributed by atoms with Crippen LogP contribution in [0.2, 0.25) is 0 Å². The number of para-hydroxylation sites is 1. The summed E-state index contributed by atoms with van der Waals surface area (Å²) in [6.07, 6.45) is 2.12. The van der Waals surface area contributed by atoms with E-state index in [-0.39, 0.29) is 18.3 Å². The van der Waals surface area contributed by atoms with Crippen molar-refractivity contribution < 1.29 is 33.0 Å². The first-order valence-electron chi connectivity index (χ1n) is 14.1. The minimum Gasteiger partial charge on any atom is -0.464 e. The summed E-state index contributed by atoms with van der Waals surface area (Å²) in [6, 6.07) is 7.98. The Morgan fingerprint density at radius 2 is 1.93 bits per heavy atom. The van der Waals surface area contributed by atoms with E-state index in [9.17, 15) is 29.6 Å². The van der Waals surface area contributed by atoms with Crippen molar-refractivity contribution in [2.75, 3.05) is 13.2 Å². The highest BCUT2D eigenvalue weighted by molar-refractivity contribution is 7.52. The predicted molar refractivity (Wildman–Crippen MR) is 156 cm³/mol. The first-order valence-corrected chi connectivity index (χ1v) is 15.7. The monoisotopic (exact) mass is 622 g/mol. The minimum absolute atomic E-state index is 0.140. The van der Waals surface area contributed by atoms with Crippen LogP contribution in [0.4, 0.5) is 0 Å². The van der Waals surface area contributed by atoms with Gasteiger partial charge in [0.2, 0.25) is 0 Å². The van der Waals surface area contributed by atoms with Gasteiger partial charge in [-0.25, -0.2) is 9.36 Å². The molecule has 0 bridgehead atoms. The number of nitrogens with zero attached hydrogens (tertiary/aromatic N) is 4. The number of hydrogen-bond acceptors (Lipinski definition) is 10. The normalized spacial score (nSPS) is 23.7. The summed E-state index contributed by atoms with van der Waals surface area (Å²) in [5.74, 6) is -1.19. The molecule has 0 saturated carbocycles. The number of aromatic nitrogens is 2. The van der Waals surface area contributed by atoms with E-state index in [4.69, 9.17) is 18.5 Å². The fraction of sp³-hybridized carbons (Fsp3) is 0.593. The SMILES string of the molecule is CCCC(CCC)COC(=O)[C@H](C)NP(=O)(OC[C@@]1(N=[N+]=[N-])O[C@@H](n2ccc(=O)[nH]c2=O)[C@@H](C)[C@@H]1O)Oc1ccccc1. The summed E-state index contributed by atoms with van der Waals surface area (Å²) >= 11 is 0. The number of ether oxygens (including phenoxy) is 2. The number of H-pyrrole nitrogens is 1. The maximum atomic E-state index is 14.0. The molecule has 2 heterocycles. The lowest BCUT2D eigenvalue weighted by Crippen LogP contribution is -2.44. The molecule has 15 nitrogen and oxygen atoms in total. The number of rotatable bonds is 16. The van der Waals surface area contributed by atoms with E-state index in [1.165, 1.54) is 32.2 Å². The molecule has 3 N–H and O–H groups in total. The summed E-state index contributed by atoms with van der Waals surface area (Å²) in [7, 11) is -4.44. The molecule has 43 heavy (non-hydrogen) atoms. The molecule has 3 rings (SSSR count). The van der Waals surface area contributed by atoms with Gasteiger partial charge in [0.05, 0.1) is 19.3 Å². The number of aliphatic hydroxyl groups excluding tert-OH is 1. The van der Waals surface area contributed by atoms with Gasteiger partial charge in [-0.1, -0.05) is 56.9 Å². The Balaban J connectivity index is 1.84. The molecule has 0 amide bonds. The lowest BCUT2D eigenvalue weighted by molar-refractivity contribution is -0.147. The highest BCUT2D eigenvalue weighted by Gasteiger charge is 2.55. The third-order valence-electron chi connectivity index (χ3n) is 7.04. The molecule has 0 radical (unpaired) electrons. The van der Waals surface area contributed by atoms with Crippen molar-refractivity contribution in [3.63, 3.8) is 0 Å². The zero-order valence-corrected chi connectivity index (χ0v) is 25.5. The van der Waals surface area contributed by atoms with Crippen molar-refractivity contribution in [3.8, 4) is 5.75 Å². The number of azide groups is 1. The number of carbonyl (C=O) groups is 1. The molecule has 1 aliphatic rings. The lowest BCUT2D eigenvalue weighted by Gasteiger charge is -2.30. The van der Waals surface area contributed by atoms with Gasteiger partial charge in [-0.3, -0.25) is 23.7 Å². The highest BCUT2D eigenvalue weighted by atomic mass is 31.2. The quantitative estimate of drug-likeness (QED) is 0.0806. The molecule has 1 fully saturated rings. The number of aromatic amines is 1. The van der Waals surface area contributed by atoms with Crippen LogP contribution in [0.5, 0.6) is 5.75 Å². The fourth-order valence-electron chi connectivity index (χ4n) is 4.83. The second-order valence-electron chi connectivity index (χ2n) is 10.5. The molecule has 1 aliphatic heterocycles. The number of hydrogen-bond donors (Lipinski definition) is 3. The molecular weight excluding hydrogens is 583 g/mol. The number of esters is 1. The zero-order chi connectivity index (χ0) is 31.6. The van der Waals surface area contributed by atoms with Gasteiger partial charge in [0.1, 0.15) is 18.0 Å². The van der Waals surface area contributed by atoms with Crippen LogP contribution in [0.15, 0.2) is 57.3 Å². The molecule has 1 unspecified atom stereocenters. The van der Waals surface area contributed by atoms with Gasteiger partial charge in [-0.05, 0) is 43.3 Å². The average Bonchev–Trinajstić information content (AvgIpc) is 3.21. The van der Waals surface area contributed by atoms with E-state index in [2.05, 4.69) is 33.9 Å². The third kappa shape index (κ3) is 8.79. The van der Waals surface area contributed by atoms with E-state index in [0.29, 0.717) is 0 Å². The van der Waals surface area contributed by atoms with Gasteiger partial charge in [0.25, 0.3) is 5.56 Å². The number of aliphatic hydroxyl groups is 1. The molecule has 6 atom stereocenters. The van der Waals surface area contributed by atoms with Gasteiger partial charge < -0.3 is 19.1 Å². The largest absolute Gasteiger partial charge is 0.464 e. The smallest absolute Gasteiger partial charge is 0.459 e. The predicted octanol–water partition coefficient (Wildman–Crippen LogP) is 4.01. The Morgan fingerprint density at radius 3 is 2.53 bits per heavy atom. The standard InChI is InChI=1S/C27H39N6O9P/c1-5-10-20(11-6-2)16-39-25(36)19(4)30-43(38,42-21-12-8-7-9-13-21)40-17-27(31-32-28)23(35)18(3)24(41-27)33-15-14-22(34)29-26(33)37/h7-9,12-15,18-20,23-24,35H,5-6,10-11,16-17H2,1-4H3,(H,30,38)(H,29,34,37)/t18-,19-,23-,24+,27+,43?/m0/s1. The van der Waals surface area contributed by atoms with Gasteiger partial charge in [-0.15, -0.1) is 0 Å². The maximum absolute atomic E-state index is 14.0. The number of benzene rings is 1. The molecule has 1 aromatic carbocycles. The van der Waals surface area contributed by atoms with Crippen molar-refractivity contribution in [2.24, 2.45) is 17.0 Å². The fourth-order valence-corrected chi connectivity index (χ4v) is 6.34. The van der Waals surface area contributed by atoms with E-state index in [0.717, 1.165) is 36.3 Å². The lowest BCUT2D eigenvalue weighted by atomic mass is 9.98. The van der Waals surface area contributed by atoms with Crippen molar-refractivity contribution >= 4 is 13.7 Å². The second-order valence-corrected chi connectivity index (χ2v) is 12.2. The Labute approximate surface area is 248 Å². The average molecular weight is 623 g/mol. The van der Waals surface area contributed by atoms with Gasteiger partial charge in [-0.2, -0.15) is 5.09 Å². The topological polar surface area (TPSA) is 207 Å². The summed E-state index contributed by atoms with van der Waals surface area (Å²) in [5, 5.41) is 17.3. The summed E-state index contributed by atoms with van der Waals surface area (Å²) < 4.78 is 37.8. The van der Waals surface area contributed by atoms with Crippen LogP contribution in [0.1, 0.15) is 59.6 Å². The Bertz CT molecular complexity index is 1420. The Kier molecular flexibility index (Phi) is 12.1. The van der Waals surface area contributed by atoms with E-state index < -0.39 is 61.6 Å². The van der Waals surface area contributed by atoms with Crippen LogP contribution in [0, 0.1) is 11.8 Å². The number of nitrogens with one attached hydrogen (secondary N) is 2. The van der Waals surface area contributed by atoms with E-state index in [1.807, 2.05) is 0 Å². The van der Waals surface area contributed by atoms with Crippen LogP contribution in [-0.2, 0) is 23.4 Å². The van der Waals surface area contributed by atoms with Crippen LogP contribution >= 0.6 is 7.75 Å². The summed E-state index contributed by atoms with van der Waals surface area (Å²) in [6.45, 7) is 6.48. The van der Waals surface area contributed by atoms with Crippen LogP contribution in [-0.4, -0.2) is 51.7 Å². The first kappa shape index (κ1) is 34.0. The molecule has 1 aromatic heterocycles. The third-order valence-corrected chi connectivity index (χ3v) is 8.67. The Morgan fingerprint density at radius 1 is 1.26 bits per heavy atom. The molecule has 1 saturated heterocycles. The zero-order valence-electron chi connectivity index (χ0n) is 24.6. The molecular formula is C27H39N6O9P. The van der Waals surface area contributed by atoms with Crippen LogP contribution < -0.4 is 20.9 Å².